The van der Waals surface area contributed by atoms with E-state index in [2.05, 4.69) is 37.8 Å². The number of halogens is 2. The second-order valence-electron chi connectivity index (χ2n) is 10.7. The third-order valence-corrected chi connectivity index (χ3v) is 7.08. The van der Waals surface area contributed by atoms with Crippen molar-refractivity contribution in [2.45, 2.75) is 32.6 Å². The van der Waals surface area contributed by atoms with E-state index in [1.165, 1.54) is 0 Å². The second kappa shape index (κ2) is 10.8. The van der Waals surface area contributed by atoms with Crippen LogP contribution >= 0.6 is 0 Å². The summed E-state index contributed by atoms with van der Waals surface area (Å²) >= 11 is 0. The monoisotopic (exact) mass is 552 g/mol. The first kappa shape index (κ1) is 26.6. The first-order chi connectivity index (χ1) is 19.8. The Kier molecular flexibility index (Phi) is 7.00. The van der Waals surface area contributed by atoms with E-state index in [-0.39, 0.29) is 13.0 Å². The van der Waals surface area contributed by atoms with Gasteiger partial charge in [-0.25, -0.2) is 18.7 Å². The Labute approximate surface area is 236 Å². The number of likely N-dealkylation sites (tertiary alicyclic amines) is 1. The lowest BCUT2D eigenvalue weighted by atomic mass is 10.0. The number of hydrogen-bond donors (Lipinski definition) is 2. The van der Waals surface area contributed by atoms with Crippen LogP contribution in [0, 0.1) is 0 Å². The number of nitrogens with zero attached hydrogens (tertiary/aromatic N) is 6. The standard InChI is InChI=1S/C31H30F2N8/c1-19(2)4-5-22(16-20(3)17-41-15-11-31(32,33)18-41)23-6-7-25-28(36-23)29(40-39-25)30-37-24-10-14-35-26(27(24)38-30)21-8-12-34-13-9-21/h5-10,12-14,16H,1,4,11,15,17-18H2,2-3H3,(H,37,38)(H,39,40)/b20-16+,22-5+. The van der Waals surface area contributed by atoms with Gasteiger partial charge in [-0.2, -0.15) is 5.10 Å². The van der Waals surface area contributed by atoms with Crippen molar-refractivity contribution in [1.29, 1.82) is 0 Å². The number of pyridine rings is 3. The van der Waals surface area contributed by atoms with Gasteiger partial charge >= 0.3 is 0 Å². The van der Waals surface area contributed by atoms with Gasteiger partial charge in [-0.15, -0.1) is 0 Å². The molecule has 0 amide bonds. The lowest BCUT2D eigenvalue weighted by Crippen LogP contribution is -2.26. The largest absolute Gasteiger partial charge is 0.336 e. The van der Waals surface area contributed by atoms with Crippen LogP contribution in [0.5, 0.6) is 0 Å². The van der Waals surface area contributed by atoms with E-state index in [9.17, 15) is 8.78 Å². The van der Waals surface area contributed by atoms with Crippen LogP contribution in [0.3, 0.4) is 0 Å². The van der Waals surface area contributed by atoms with Gasteiger partial charge in [-0.05, 0) is 56.2 Å². The average Bonchev–Trinajstić information content (AvgIpc) is 3.66. The highest BCUT2D eigenvalue weighted by molar-refractivity contribution is 5.95. The third kappa shape index (κ3) is 5.69. The van der Waals surface area contributed by atoms with Crippen LogP contribution < -0.4 is 0 Å². The predicted molar refractivity (Wildman–Crippen MR) is 157 cm³/mol. The van der Waals surface area contributed by atoms with E-state index < -0.39 is 5.92 Å². The Bertz CT molecular complexity index is 1800. The summed E-state index contributed by atoms with van der Waals surface area (Å²) in [4.78, 5) is 23.7. The summed E-state index contributed by atoms with van der Waals surface area (Å²) in [5, 5.41) is 7.61. The molecule has 6 rings (SSSR count). The van der Waals surface area contributed by atoms with Crippen molar-refractivity contribution >= 4 is 27.6 Å². The number of nitrogens with one attached hydrogen (secondary N) is 2. The van der Waals surface area contributed by atoms with Crippen LogP contribution in [0.4, 0.5) is 8.78 Å². The van der Waals surface area contributed by atoms with Crippen LogP contribution in [-0.4, -0.2) is 65.6 Å². The fourth-order valence-electron chi connectivity index (χ4n) is 5.12. The number of allylic oxidation sites excluding steroid dienone is 4. The van der Waals surface area contributed by atoms with Crippen LogP contribution in [0.1, 0.15) is 32.4 Å². The smallest absolute Gasteiger partial charge is 0.261 e. The van der Waals surface area contributed by atoms with Gasteiger partial charge in [0, 0.05) is 43.7 Å². The van der Waals surface area contributed by atoms with Gasteiger partial charge in [0.15, 0.2) is 11.5 Å². The van der Waals surface area contributed by atoms with Crippen molar-refractivity contribution in [2.75, 3.05) is 19.6 Å². The number of rotatable bonds is 8. The summed E-state index contributed by atoms with van der Waals surface area (Å²) in [5.41, 5.74) is 8.93. The summed E-state index contributed by atoms with van der Waals surface area (Å²) in [6.45, 7) is 8.63. The molecular formula is C31H30F2N8. The zero-order chi connectivity index (χ0) is 28.6. The van der Waals surface area contributed by atoms with Gasteiger partial charge in [0.05, 0.1) is 29.0 Å². The molecule has 5 aromatic rings. The lowest BCUT2D eigenvalue weighted by Gasteiger charge is -2.16. The van der Waals surface area contributed by atoms with Crippen LogP contribution in [0.2, 0.25) is 0 Å². The molecule has 1 aliphatic rings. The summed E-state index contributed by atoms with van der Waals surface area (Å²) in [5.74, 6) is -2.04. The van der Waals surface area contributed by atoms with Crippen LogP contribution in [0.15, 0.2) is 78.8 Å². The van der Waals surface area contributed by atoms with Gasteiger partial charge in [-0.3, -0.25) is 20.0 Å². The maximum absolute atomic E-state index is 13.7. The molecule has 0 aromatic carbocycles. The van der Waals surface area contributed by atoms with Crippen molar-refractivity contribution < 1.29 is 8.78 Å². The second-order valence-corrected chi connectivity index (χ2v) is 10.7. The maximum Gasteiger partial charge on any atom is 0.261 e. The SMILES string of the molecule is C=C(C)C/C=C(\C=C(/C)CN1CCC(F)(F)C1)c1ccc2[nH]nc(-c3nc4c(-c5ccncc5)nccc4[nH]3)c2n1. The molecule has 1 aliphatic heterocycles. The van der Waals surface area contributed by atoms with Gasteiger partial charge in [-0.1, -0.05) is 29.9 Å². The molecular weight excluding hydrogens is 522 g/mol. The molecule has 2 N–H and O–H groups in total. The lowest BCUT2D eigenvalue weighted by molar-refractivity contribution is 0.0131. The van der Waals surface area contributed by atoms with Gasteiger partial charge < -0.3 is 4.98 Å². The normalized spacial score (nSPS) is 16.2. The molecule has 41 heavy (non-hydrogen) atoms. The number of alkyl halides is 2. The van der Waals surface area contributed by atoms with E-state index in [0.717, 1.165) is 50.2 Å². The molecule has 208 valence electrons. The molecule has 0 unspecified atom stereocenters. The van der Waals surface area contributed by atoms with Gasteiger partial charge in [0.2, 0.25) is 0 Å². The number of aromatic nitrogens is 7. The van der Waals surface area contributed by atoms with Crippen LogP contribution in [0.25, 0.3) is 50.4 Å². The van der Waals surface area contributed by atoms with Crippen molar-refractivity contribution in [1.82, 2.24) is 40.0 Å². The fourth-order valence-corrected chi connectivity index (χ4v) is 5.12. The van der Waals surface area contributed by atoms with E-state index in [0.29, 0.717) is 36.5 Å². The molecule has 1 saturated heterocycles. The number of H-pyrrole nitrogens is 2. The molecule has 0 bridgehead atoms. The summed E-state index contributed by atoms with van der Waals surface area (Å²) in [6.07, 6.45) is 9.88. The zero-order valence-corrected chi connectivity index (χ0v) is 23.0. The Morgan fingerprint density at radius 2 is 1.83 bits per heavy atom. The number of hydrogen-bond acceptors (Lipinski definition) is 6. The predicted octanol–water partition coefficient (Wildman–Crippen LogP) is 6.60. The highest BCUT2D eigenvalue weighted by atomic mass is 19.3. The molecule has 6 heterocycles. The summed E-state index contributed by atoms with van der Waals surface area (Å²) in [6, 6.07) is 9.56. The minimum absolute atomic E-state index is 0.0952. The number of fused-ring (bicyclic) bond motifs is 2. The fraction of sp³-hybridized carbons (Fsp3) is 0.258. The molecule has 0 atom stereocenters. The van der Waals surface area contributed by atoms with Crippen LogP contribution in [-0.2, 0) is 0 Å². The molecule has 0 spiro atoms. The molecule has 0 saturated carbocycles. The molecule has 10 heteroatoms. The Hall–Kier alpha value is -4.57. The zero-order valence-electron chi connectivity index (χ0n) is 23.0. The van der Waals surface area contributed by atoms with E-state index in [1.807, 2.05) is 50.3 Å². The first-order valence-electron chi connectivity index (χ1n) is 13.5. The number of aromatic amines is 2. The van der Waals surface area contributed by atoms with Gasteiger partial charge in [0.1, 0.15) is 11.0 Å². The van der Waals surface area contributed by atoms with Crippen molar-refractivity contribution in [3.05, 3.63) is 84.5 Å². The maximum atomic E-state index is 13.7. The van der Waals surface area contributed by atoms with Crippen molar-refractivity contribution in [2.24, 2.45) is 0 Å². The van der Waals surface area contributed by atoms with E-state index in [1.54, 1.807) is 23.5 Å². The highest BCUT2D eigenvalue weighted by Crippen LogP contribution is 2.31. The third-order valence-electron chi connectivity index (χ3n) is 7.08. The summed E-state index contributed by atoms with van der Waals surface area (Å²) < 4.78 is 27.5. The van der Waals surface area contributed by atoms with Crippen molar-refractivity contribution in [3.63, 3.8) is 0 Å². The summed E-state index contributed by atoms with van der Waals surface area (Å²) in [7, 11) is 0. The molecule has 0 radical (unpaired) electrons. The highest BCUT2D eigenvalue weighted by Gasteiger charge is 2.37. The molecule has 8 nitrogen and oxygen atoms in total. The van der Waals surface area contributed by atoms with E-state index in [4.69, 9.17) is 9.97 Å². The first-order valence-corrected chi connectivity index (χ1v) is 13.5. The number of imidazole rings is 1. The Balaban J connectivity index is 1.37. The quantitative estimate of drug-likeness (QED) is 0.166. The van der Waals surface area contributed by atoms with Crippen molar-refractivity contribution in [3.8, 4) is 22.8 Å². The molecule has 0 aliphatic carbocycles. The average molecular weight is 553 g/mol. The minimum Gasteiger partial charge on any atom is -0.336 e. The topological polar surface area (TPSA) is 99.3 Å². The van der Waals surface area contributed by atoms with E-state index >= 15 is 0 Å². The minimum atomic E-state index is -2.62. The molecule has 1 fully saturated rings. The van der Waals surface area contributed by atoms with Gasteiger partial charge in [0.25, 0.3) is 5.92 Å². The Morgan fingerprint density at radius 1 is 1.02 bits per heavy atom. The molecule has 5 aromatic heterocycles. The Morgan fingerprint density at radius 3 is 2.59 bits per heavy atom.